The van der Waals surface area contributed by atoms with Gasteiger partial charge in [0.2, 0.25) is 5.91 Å². The van der Waals surface area contributed by atoms with Crippen LogP contribution in [-0.2, 0) is 4.79 Å². The van der Waals surface area contributed by atoms with Crippen LogP contribution in [0.3, 0.4) is 0 Å². The van der Waals surface area contributed by atoms with Crippen molar-refractivity contribution in [2.24, 2.45) is 0 Å². The maximum Gasteiger partial charge on any atom is 0.244 e. The molecular weight excluding hydrogens is 294 g/mol. The van der Waals surface area contributed by atoms with Crippen LogP contribution < -0.4 is 10.1 Å². The normalized spacial score (nSPS) is 12.4. The van der Waals surface area contributed by atoms with Gasteiger partial charge in [0.05, 0.1) is 7.11 Å². The molecule has 1 atom stereocenters. The van der Waals surface area contributed by atoms with E-state index in [1.807, 2.05) is 32.0 Å². The Labute approximate surface area is 116 Å². The monoisotopic (exact) mass is 311 g/mol. The van der Waals surface area contributed by atoms with E-state index >= 15 is 0 Å². The van der Waals surface area contributed by atoms with Crippen LogP contribution in [0.5, 0.6) is 5.75 Å². The van der Waals surface area contributed by atoms with Gasteiger partial charge in [0.25, 0.3) is 0 Å². The number of nitrogens with one attached hydrogen (secondary N) is 1. The lowest BCUT2D eigenvalue weighted by Crippen LogP contribution is -2.30. The molecule has 0 spiro atoms. The van der Waals surface area contributed by atoms with E-state index < -0.39 is 0 Å². The first kappa shape index (κ1) is 14.8. The molecular formula is C14H18BrNO2. The molecule has 1 rings (SSSR count). The van der Waals surface area contributed by atoms with Crippen LogP contribution >= 0.6 is 15.9 Å². The smallest absolute Gasteiger partial charge is 0.244 e. The molecule has 98 valence electrons. The molecule has 1 amide bonds. The average Bonchev–Trinajstić information content (AvgIpc) is 2.36. The number of benzene rings is 1. The quantitative estimate of drug-likeness (QED) is 0.847. The molecule has 0 radical (unpaired) electrons. The van der Waals surface area contributed by atoms with Gasteiger partial charge in [0.1, 0.15) is 5.75 Å². The number of halogens is 1. The van der Waals surface area contributed by atoms with Gasteiger partial charge in [-0.05, 0) is 37.6 Å². The summed E-state index contributed by atoms with van der Waals surface area (Å²) < 4.78 is 6.18. The van der Waals surface area contributed by atoms with Crippen LogP contribution in [0.4, 0.5) is 0 Å². The number of methoxy groups -OCH3 is 1. The number of hydrogen-bond donors (Lipinski definition) is 1. The highest BCUT2D eigenvalue weighted by Gasteiger charge is 2.03. The van der Waals surface area contributed by atoms with Crippen LogP contribution in [0.2, 0.25) is 0 Å². The number of amides is 1. The fourth-order valence-corrected chi connectivity index (χ4v) is 1.77. The lowest BCUT2D eigenvalue weighted by molar-refractivity contribution is -0.117. The van der Waals surface area contributed by atoms with Gasteiger partial charge in [0, 0.05) is 22.2 Å². The second-order valence-electron chi connectivity index (χ2n) is 4.04. The van der Waals surface area contributed by atoms with E-state index in [9.17, 15) is 4.79 Å². The summed E-state index contributed by atoms with van der Waals surface area (Å²) in [6, 6.07) is 5.85. The Morgan fingerprint density at radius 2 is 2.28 bits per heavy atom. The molecule has 1 aromatic carbocycles. The van der Waals surface area contributed by atoms with Gasteiger partial charge in [-0.15, -0.1) is 0 Å². The Hall–Kier alpha value is -1.29. The van der Waals surface area contributed by atoms with Crippen LogP contribution in [0.25, 0.3) is 6.08 Å². The number of ether oxygens (including phenoxy) is 1. The largest absolute Gasteiger partial charge is 0.496 e. The zero-order valence-electron chi connectivity index (χ0n) is 10.9. The third-order valence-electron chi connectivity index (χ3n) is 2.61. The SMILES string of the molecule is CCC(C)NC(=O)/C=C/c1cc(Br)ccc1OC. The second kappa shape index (κ2) is 7.21. The van der Waals surface area contributed by atoms with Crippen molar-refractivity contribution in [3.05, 3.63) is 34.3 Å². The highest BCUT2D eigenvalue weighted by atomic mass is 79.9. The van der Waals surface area contributed by atoms with Gasteiger partial charge in [0.15, 0.2) is 0 Å². The summed E-state index contributed by atoms with van der Waals surface area (Å²) in [4.78, 5) is 11.6. The molecule has 0 saturated carbocycles. The molecule has 0 aliphatic carbocycles. The van der Waals surface area contributed by atoms with E-state index in [1.165, 1.54) is 6.08 Å². The highest BCUT2D eigenvalue weighted by Crippen LogP contribution is 2.23. The van der Waals surface area contributed by atoms with Crippen molar-refractivity contribution in [3.63, 3.8) is 0 Å². The molecule has 1 aromatic rings. The first-order valence-electron chi connectivity index (χ1n) is 5.89. The Kier molecular flexibility index (Phi) is 5.92. The van der Waals surface area contributed by atoms with Crippen molar-refractivity contribution in [3.8, 4) is 5.75 Å². The summed E-state index contributed by atoms with van der Waals surface area (Å²) in [5, 5.41) is 2.87. The summed E-state index contributed by atoms with van der Waals surface area (Å²) in [6.45, 7) is 4.01. The Morgan fingerprint density at radius 3 is 2.89 bits per heavy atom. The molecule has 0 aliphatic rings. The topological polar surface area (TPSA) is 38.3 Å². The second-order valence-corrected chi connectivity index (χ2v) is 4.95. The van der Waals surface area contributed by atoms with E-state index in [0.29, 0.717) is 0 Å². The highest BCUT2D eigenvalue weighted by molar-refractivity contribution is 9.10. The van der Waals surface area contributed by atoms with Crippen molar-refractivity contribution in [1.29, 1.82) is 0 Å². The molecule has 4 heteroatoms. The van der Waals surface area contributed by atoms with E-state index in [4.69, 9.17) is 4.74 Å². The van der Waals surface area contributed by atoms with Crippen LogP contribution in [0.15, 0.2) is 28.7 Å². The minimum atomic E-state index is -0.0913. The van der Waals surface area contributed by atoms with Gasteiger partial charge >= 0.3 is 0 Å². The standard InChI is InChI=1S/C14H18BrNO2/c1-4-10(2)16-14(17)8-5-11-9-12(15)6-7-13(11)18-3/h5-10H,4H2,1-3H3,(H,16,17)/b8-5+. The summed E-state index contributed by atoms with van der Waals surface area (Å²) in [5.74, 6) is 0.650. The summed E-state index contributed by atoms with van der Waals surface area (Å²) >= 11 is 3.39. The maximum absolute atomic E-state index is 11.6. The molecule has 0 bridgehead atoms. The minimum Gasteiger partial charge on any atom is -0.496 e. The third-order valence-corrected chi connectivity index (χ3v) is 3.10. The maximum atomic E-state index is 11.6. The fraction of sp³-hybridized carbons (Fsp3) is 0.357. The number of carbonyl (C=O) groups is 1. The molecule has 1 unspecified atom stereocenters. The van der Waals surface area contributed by atoms with Crippen LogP contribution in [0, 0.1) is 0 Å². The van der Waals surface area contributed by atoms with Crippen LogP contribution in [-0.4, -0.2) is 19.1 Å². The van der Waals surface area contributed by atoms with E-state index in [-0.39, 0.29) is 11.9 Å². The minimum absolute atomic E-state index is 0.0913. The molecule has 18 heavy (non-hydrogen) atoms. The number of rotatable bonds is 5. The Balaban J connectivity index is 2.77. The lowest BCUT2D eigenvalue weighted by Gasteiger charge is -2.09. The van der Waals surface area contributed by atoms with Gasteiger partial charge in [-0.25, -0.2) is 0 Å². The number of carbonyl (C=O) groups excluding carboxylic acids is 1. The molecule has 1 N–H and O–H groups in total. The molecule has 0 saturated heterocycles. The predicted molar refractivity (Wildman–Crippen MR) is 77.6 cm³/mol. The summed E-state index contributed by atoms with van der Waals surface area (Å²) in [7, 11) is 1.61. The van der Waals surface area contributed by atoms with Crippen molar-refractivity contribution in [1.82, 2.24) is 5.32 Å². The van der Waals surface area contributed by atoms with Crippen molar-refractivity contribution in [2.75, 3.05) is 7.11 Å². The molecule has 0 heterocycles. The third kappa shape index (κ3) is 4.53. The van der Waals surface area contributed by atoms with Gasteiger partial charge < -0.3 is 10.1 Å². The lowest BCUT2D eigenvalue weighted by atomic mass is 10.2. The van der Waals surface area contributed by atoms with E-state index in [2.05, 4.69) is 21.2 Å². The molecule has 3 nitrogen and oxygen atoms in total. The Morgan fingerprint density at radius 1 is 1.56 bits per heavy atom. The van der Waals surface area contributed by atoms with E-state index in [1.54, 1.807) is 13.2 Å². The molecule has 0 fully saturated rings. The molecule has 0 aliphatic heterocycles. The summed E-state index contributed by atoms with van der Waals surface area (Å²) in [5.41, 5.74) is 0.867. The average molecular weight is 312 g/mol. The zero-order valence-corrected chi connectivity index (χ0v) is 12.5. The zero-order chi connectivity index (χ0) is 13.5. The Bertz CT molecular complexity index is 443. The van der Waals surface area contributed by atoms with Gasteiger partial charge in [-0.2, -0.15) is 0 Å². The predicted octanol–water partition coefficient (Wildman–Crippen LogP) is 3.39. The van der Waals surface area contributed by atoms with Crippen molar-refractivity contribution < 1.29 is 9.53 Å². The number of hydrogen-bond acceptors (Lipinski definition) is 2. The van der Waals surface area contributed by atoms with Crippen molar-refractivity contribution in [2.45, 2.75) is 26.3 Å². The molecule has 0 aromatic heterocycles. The van der Waals surface area contributed by atoms with Crippen LogP contribution in [0.1, 0.15) is 25.8 Å². The van der Waals surface area contributed by atoms with E-state index in [0.717, 1.165) is 22.2 Å². The first-order valence-corrected chi connectivity index (χ1v) is 6.68. The van der Waals surface area contributed by atoms with Gasteiger partial charge in [-0.1, -0.05) is 22.9 Å². The van der Waals surface area contributed by atoms with Gasteiger partial charge in [-0.3, -0.25) is 4.79 Å². The fourth-order valence-electron chi connectivity index (χ4n) is 1.39. The van der Waals surface area contributed by atoms with Crippen molar-refractivity contribution >= 4 is 27.9 Å². The first-order chi connectivity index (χ1) is 8.56. The summed E-state index contributed by atoms with van der Waals surface area (Å²) in [6.07, 6.45) is 4.19.